The molecule has 9 nitrogen and oxygen atoms in total. The van der Waals surface area contributed by atoms with Crippen LogP contribution in [0.15, 0.2) is 67.1 Å². The molecule has 0 atom stereocenters. The number of benzene rings is 1. The predicted molar refractivity (Wildman–Crippen MR) is 149 cm³/mol. The summed E-state index contributed by atoms with van der Waals surface area (Å²) in [4.78, 5) is 24.8. The Hall–Kier alpha value is -4.53. The summed E-state index contributed by atoms with van der Waals surface area (Å²) in [6.45, 7) is 7.83. The van der Waals surface area contributed by atoms with Gasteiger partial charge < -0.3 is 4.74 Å². The second-order valence-corrected chi connectivity index (χ2v) is 11.0. The van der Waals surface area contributed by atoms with Crippen LogP contribution in [0.3, 0.4) is 0 Å². The number of H-pyrrole nitrogens is 1. The number of nitrogens with zero attached hydrogens (tertiary/aromatic N) is 6. The van der Waals surface area contributed by atoms with E-state index in [4.69, 9.17) is 14.8 Å². The van der Waals surface area contributed by atoms with Gasteiger partial charge in [0.1, 0.15) is 11.4 Å². The minimum absolute atomic E-state index is 0.291. The highest BCUT2D eigenvalue weighted by Gasteiger charge is 2.31. The standard InChI is InChI=1S/C30H31N7O2/c1-19-23(16-32-35-19)26-15-27(37-28(34-26)24(17-33-37)21-12-13-21)36(29(38)39-30(2,3)4)18-20-8-10-22(11-9-20)25-7-5-6-14-31-25/h5-11,14-17,21H,12-13,18H2,1-4H3,(H,32,35). The van der Waals surface area contributed by atoms with Crippen LogP contribution in [-0.2, 0) is 11.3 Å². The molecule has 0 spiro atoms. The molecule has 0 radical (unpaired) electrons. The van der Waals surface area contributed by atoms with Gasteiger partial charge in [0, 0.05) is 35.2 Å². The van der Waals surface area contributed by atoms with Crippen LogP contribution in [0.5, 0.6) is 0 Å². The molecular formula is C30H31N7O2. The van der Waals surface area contributed by atoms with Gasteiger partial charge in [-0.15, -0.1) is 0 Å². The number of fused-ring (bicyclic) bond motifs is 1. The first-order valence-electron chi connectivity index (χ1n) is 13.2. The molecule has 198 valence electrons. The lowest BCUT2D eigenvalue weighted by atomic mass is 10.1. The monoisotopic (exact) mass is 521 g/mol. The molecule has 1 aliphatic rings. The summed E-state index contributed by atoms with van der Waals surface area (Å²) in [5, 5.41) is 11.9. The van der Waals surface area contributed by atoms with Crippen LogP contribution in [0.25, 0.3) is 28.2 Å². The highest BCUT2D eigenvalue weighted by atomic mass is 16.6. The predicted octanol–water partition coefficient (Wildman–Crippen LogP) is 6.31. The molecule has 0 saturated heterocycles. The van der Waals surface area contributed by atoms with E-state index in [9.17, 15) is 4.79 Å². The average Bonchev–Trinajstić information content (AvgIpc) is 3.52. The number of amides is 1. The van der Waals surface area contributed by atoms with Crippen LogP contribution in [0, 0.1) is 6.92 Å². The van der Waals surface area contributed by atoms with Gasteiger partial charge >= 0.3 is 6.09 Å². The Bertz CT molecular complexity index is 1630. The normalized spacial score (nSPS) is 13.5. The van der Waals surface area contributed by atoms with Crippen molar-refractivity contribution >= 4 is 17.6 Å². The molecule has 0 aliphatic heterocycles. The second-order valence-electron chi connectivity index (χ2n) is 11.0. The zero-order valence-electron chi connectivity index (χ0n) is 22.5. The van der Waals surface area contributed by atoms with Crippen molar-refractivity contribution in [3.8, 4) is 22.5 Å². The fraction of sp³-hybridized carbons (Fsp3) is 0.300. The molecule has 0 unspecified atom stereocenters. The number of anilines is 1. The maximum absolute atomic E-state index is 13.7. The number of aromatic nitrogens is 6. The third-order valence-electron chi connectivity index (χ3n) is 6.75. The molecule has 1 amide bonds. The molecule has 1 saturated carbocycles. The highest BCUT2D eigenvalue weighted by Crippen LogP contribution is 2.42. The Morgan fingerprint density at radius 1 is 1.13 bits per heavy atom. The first-order chi connectivity index (χ1) is 18.8. The minimum Gasteiger partial charge on any atom is -0.443 e. The molecule has 1 aromatic carbocycles. The molecule has 9 heteroatoms. The molecule has 5 aromatic rings. The zero-order valence-corrected chi connectivity index (χ0v) is 22.5. The van der Waals surface area contributed by atoms with Crippen LogP contribution in [0.2, 0.25) is 0 Å². The van der Waals surface area contributed by atoms with Crippen molar-refractivity contribution in [1.82, 2.24) is 29.8 Å². The van der Waals surface area contributed by atoms with E-state index in [0.29, 0.717) is 18.3 Å². The smallest absolute Gasteiger partial charge is 0.416 e. The van der Waals surface area contributed by atoms with Gasteiger partial charge in [0.05, 0.1) is 29.8 Å². The topological polar surface area (TPSA) is 101 Å². The van der Waals surface area contributed by atoms with E-state index < -0.39 is 11.7 Å². The van der Waals surface area contributed by atoms with Gasteiger partial charge in [-0.1, -0.05) is 30.3 Å². The number of carbonyl (C=O) groups is 1. The van der Waals surface area contributed by atoms with Crippen molar-refractivity contribution in [2.45, 2.75) is 58.6 Å². The molecule has 0 bridgehead atoms. The Morgan fingerprint density at radius 3 is 2.56 bits per heavy atom. The summed E-state index contributed by atoms with van der Waals surface area (Å²) in [6, 6.07) is 15.8. The van der Waals surface area contributed by atoms with Crippen molar-refractivity contribution in [2.24, 2.45) is 0 Å². The largest absolute Gasteiger partial charge is 0.443 e. The van der Waals surface area contributed by atoms with E-state index in [1.54, 1.807) is 15.6 Å². The molecule has 4 aromatic heterocycles. The second kappa shape index (κ2) is 9.65. The van der Waals surface area contributed by atoms with E-state index in [1.807, 2.05) is 88.6 Å². The third kappa shape index (κ3) is 5.12. The highest BCUT2D eigenvalue weighted by molar-refractivity contribution is 5.88. The molecule has 1 N–H and O–H groups in total. The lowest BCUT2D eigenvalue weighted by molar-refractivity contribution is 0.0575. The molecule has 1 aliphatic carbocycles. The van der Waals surface area contributed by atoms with Crippen LogP contribution in [-0.4, -0.2) is 41.5 Å². The number of nitrogens with one attached hydrogen (secondary N) is 1. The minimum atomic E-state index is -0.669. The Morgan fingerprint density at radius 2 is 1.92 bits per heavy atom. The number of pyridine rings is 1. The van der Waals surface area contributed by atoms with Gasteiger partial charge in [0.25, 0.3) is 0 Å². The van der Waals surface area contributed by atoms with Gasteiger partial charge in [-0.25, -0.2) is 9.78 Å². The number of rotatable bonds is 6. The third-order valence-corrected chi connectivity index (χ3v) is 6.75. The zero-order chi connectivity index (χ0) is 27.1. The summed E-state index contributed by atoms with van der Waals surface area (Å²) in [7, 11) is 0. The number of ether oxygens (including phenoxy) is 1. The number of aryl methyl sites for hydroxylation is 1. The maximum atomic E-state index is 13.7. The average molecular weight is 522 g/mol. The van der Waals surface area contributed by atoms with Gasteiger partial charge in [-0.2, -0.15) is 14.7 Å². The van der Waals surface area contributed by atoms with Gasteiger partial charge in [0.15, 0.2) is 5.65 Å². The Labute approximate surface area is 226 Å². The van der Waals surface area contributed by atoms with E-state index in [-0.39, 0.29) is 0 Å². The van der Waals surface area contributed by atoms with Crippen LogP contribution < -0.4 is 4.90 Å². The number of hydrogen-bond donors (Lipinski definition) is 1. The summed E-state index contributed by atoms with van der Waals surface area (Å²) < 4.78 is 7.65. The van der Waals surface area contributed by atoms with Gasteiger partial charge in [-0.05, 0) is 64.2 Å². The maximum Gasteiger partial charge on any atom is 0.416 e. The molecule has 4 heterocycles. The Balaban J connectivity index is 1.45. The van der Waals surface area contributed by atoms with Crippen LogP contribution in [0.4, 0.5) is 10.6 Å². The van der Waals surface area contributed by atoms with Crippen molar-refractivity contribution in [1.29, 1.82) is 0 Å². The number of hydrogen-bond acceptors (Lipinski definition) is 6. The fourth-order valence-corrected chi connectivity index (χ4v) is 4.65. The van der Waals surface area contributed by atoms with Crippen molar-refractivity contribution in [3.63, 3.8) is 0 Å². The van der Waals surface area contributed by atoms with Crippen molar-refractivity contribution < 1.29 is 9.53 Å². The summed E-state index contributed by atoms with van der Waals surface area (Å²) in [5.41, 5.74) is 6.47. The molecule has 39 heavy (non-hydrogen) atoms. The molecular weight excluding hydrogens is 490 g/mol. The van der Waals surface area contributed by atoms with Crippen LogP contribution >= 0.6 is 0 Å². The fourth-order valence-electron chi connectivity index (χ4n) is 4.65. The molecule has 1 fully saturated rings. The summed E-state index contributed by atoms with van der Waals surface area (Å²) in [5.74, 6) is 1.03. The first kappa shape index (κ1) is 24.8. The quantitative estimate of drug-likeness (QED) is 0.281. The van der Waals surface area contributed by atoms with Gasteiger partial charge in [-0.3, -0.25) is 15.0 Å². The van der Waals surface area contributed by atoms with Crippen molar-refractivity contribution in [3.05, 3.63) is 83.9 Å². The summed E-state index contributed by atoms with van der Waals surface area (Å²) in [6.07, 6.45) is 7.27. The van der Waals surface area contributed by atoms with E-state index in [1.165, 1.54) is 0 Å². The van der Waals surface area contributed by atoms with Gasteiger partial charge in [0.2, 0.25) is 0 Å². The van der Waals surface area contributed by atoms with E-state index >= 15 is 0 Å². The van der Waals surface area contributed by atoms with E-state index in [2.05, 4.69) is 15.2 Å². The number of carbonyl (C=O) groups excluding carboxylic acids is 1. The summed E-state index contributed by atoms with van der Waals surface area (Å²) >= 11 is 0. The lowest BCUT2D eigenvalue weighted by Gasteiger charge is -2.28. The SMILES string of the molecule is Cc1n[nH]cc1-c1cc(N(Cc2ccc(-c3ccccn3)cc2)C(=O)OC(C)(C)C)n2ncc(C3CC3)c2n1. The lowest BCUT2D eigenvalue weighted by Crippen LogP contribution is -2.37. The molecule has 6 rings (SSSR count). The Kier molecular flexibility index (Phi) is 6.13. The van der Waals surface area contributed by atoms with E-state index in [0.717, 1.165) is 57.8 Å². The first-order valence-corrected chi connectivity index (χ1v) is 13.2. The van der Waals surface area contributed by atoms with Crippen molar-refractivity contribution in [2.75, 3.05) is 4.90 Å². The van der Waals surface area contributed by atoms with Crippen LogP contribution in [0.1, 0.15) is 56.4 Å². The number of aromatic amines is 1.